The Morgan fingerprint density at radius 3 is 2.60 bits per heavy atom. The Bertz CT molecular complexity index is 191. The van der Waals surface area contributed by atoms with Crippen LogP contribution in [0.3, 0.4) is 0 Å². The van der Waals surface area contributed by atoms with Gasteiger partial charge in [0.05, 0.1) is 7.11 Å². The van der Waals surface area contributed by atoms with Crippen molar-refractivity contribution in [2.24, 2.45) is 0 Å². The molecule has 54 valence electrons. The Balaban J connectivity index is 2.96. The van der Waals surface area contributed by atoms with Crippen molar-refractivity contribution in [3.63, 3.8) is 0 Å². The summed E-state index contributed by atoms with van der Waals surface area (Å²) in [4.78, 5) is 7.89. The molecule has 10 heavy (non-hydrogen) atoms. The van der Waals surface area contributed by atoms with E-state index in [0.29, 0.717) is 11.7 Å². The van der Waals surface area contributed by atoms with Gasteiger partial charge in [-0.3, -0.25) is 0 Å². The van der Waals surface area contributed by atoms with E-state index in [-0.39, 0.29) is 0 Å². The van der Waals surface area contributed by atoms with Crippen LogP contribution in [0.1, 0.15) is 0 Å². The van der Waals surface area contributed by atoms with Crippen molar-refractivity contribution in [1.29, 1.82) is 0 Å². The maximum atomic E-state index is 4.90. The quantitative estimate of drug-likeness (QED) is 0.649. The average molecular weight is 139 g/mol. The molecule has 0 aliphatic carbocycles. The van der Waals surface area contributed by atoms with Gasteiger partial charge in [0.1, 0.15) is 0 Å². The summed E-state index contributed by atoms with van der Waals surface area (Å²) in [5, 5.41) is 2.85. The first-order valence-electron chi connectivity index (χ1n) is 2.91. The maximum absolute atomic E-state index is 4.90. The lowest BCUT2D eigenvalue weighted by molar-refractivity contribution is 0.398. The van der Waals surface area contributed by atoms with Crippen molar-refractivity contribution in [2.45, 2.75) is 0 Å². The van der Waals surface area contributed by atoms with Crippen molar-refractivity contribution >= 4 is 5.82 Å². The van der Waals surface area contributed by atoms with Crippen LogP contribution in [0.15, 0.2) is 12.4 Å². The summed E-state index contributed by atoms with van der Waals surface area (Å²) in [6.07, 6.45) is 3.19. The molecule has 1 aromatic heterocycles. The highest BCUT2D eigenvalue weighted by atomic mass is 16.5. The molecular weight excluding hydrogens is 130 g/mol. The molecule has 0 aromatic carbocycles. The van der Waals surface area contributed by atoms with Crippen LogP contribution in [0.4, 0.5) is 5.82 Å². The van der Waals surface area contributed by atoms with Crippen molar-refractivity contribution < 1.29 is 4.74 Å². The largest absolute Gasteiger partial charge is 0.478 e. The predicted octanol–water partition coefficient (Wildman–Crippen LogP) is 0.527. The number of ether oxygens (including phenoxy) is 1. The number of rotatable bonds is 2. The van der Waals surface area contributed by atoms with Crippen LogP contribution in [0.5, 0.6) is 5.88 Å². The highest BCUT2D eigenvalue weighted by Gasteiger charge is 1.99. The van der Waals surface area contributed by atoms with Gasteiger partial charge in [-0.2, -0.15) is 0 Å². The summed E-state index contributed by atoms with van der Waals surface area (Å²) in [6.45, 7) is 0. The van der Waals surface area contributed by atoms with Crippen LogP contribution in [0.2, 0.25) is 0 Å². The molecule has 1 heterocycles. The van der Waals surface area contributed by atoms with E-state index in [9.17, 15) is 0 Å². The first-order chi connectivity index (χ1) is 4.88. The number of methoxy groups -OCH3 is 1. The minimum Gasteiger partial charge on any atom is -0.478 e. The summed E-state index contributed by atoms with van der Waals surface area (Å²) in [7, 11) is 3.33. The third-order valence-corrected chi connectivity index (χ3v) is 1.09. The zero-order valence-corrected chi connectivity index (χ0v) is 5.96. The monoisotopic (exact) mass is 139 g/mol. The Kier molecular flexibility index (Phi) is 2.04. The minimum atomic E-state index is 0.519. The highest BCUT2D eigenvalue weighted by Crippen LogP contribution is 2.14. The second-order valence-corrected chi connectivity index (χ2v) is 1.66. The van der Waals surface area contributed by atoms with Gasteiger partial charge in [0.15, 0.2) is 5.82 Å². The van der Waals surface area contributed by atoms with Crippen molar-refractivity contribution in [3.8, 4) is 5.88 Å². The van der Waals surface area contributed by atoms with Crippen molar-refractivity contribution in [3.05, 3.63) is 12.4 Å². The molecule has 1 rings (SSSR count). The minimum absolute atomic E-state index is 0.519. The summed E-state index contributed by atoms with van der Waals surface area (Å²) in [5.74, 6) is 1.18. The van der Waals surface area contributed by atoms with E-state index in [2.05, 4.69) is 15.3 Å². The van der Waals surface area contributed by atoms with E-state index in [4.69, 9.17) is 4.74 Å². The Hall–Kier alpha value is -1.32. The fourth-order valence-corrected chi connectivity index (χ4v) is 0.646. The standard InChI is InChI=1S/C6H9N3O/c1-7-5-6(10-2)9-4-3-8-5/h3-4H,1-2H3,(H,7,8). The third-order valence-electron chi connectivity index (χ3n) is 1.09. The summed E-state index contributed by atoms with van der Waals surface area (Å²) in [6, 6.07) is 0. The van der Waals surface area contributed by atoms with E-state index in [0.717, 1.165) is 0 Å². The maximum Gasteiger partial charge on any atom is 0.257 e. The van der Waals surface area contributed by atoms with Crippen LogP contribution >= 0.6 is 0 Å². The molecule has 4 nitrogen and oxygen atoms in total. The predicted molar refractivity (Wildman–Crippen MR) is 38.1 cm³/mol. The molecule has 0 aliphatic rings. The number of hydrogen-bond acceptors (Lipinski definition) is 4. The Morgan fingerprint density at radius 2 is 2.10 bits per heavy atom. The Morgan fingerprint density at radius 1 is 1.40 bits per heavy atom. The molecular formula is C6H9N3O. The molecule has 4 heteroatoms. The summed E-state index contributed by atoms with van der Waals surface area (Å²) in [5.41, 5.74) is 0. The number of hydrogen-bond donors (Lipinski definition) is 1. The third kappa shape index (κ3) is 1.15. The molecule has 0 saturated heterocycles. The number of nitrogens with zero attached hydrogens (tertiary/aromatic N) is 2. The van der Waals surface area contributed by atoms with Gasteiger partial charge in [0, 0.05) is 19.4 Å². The second kappa shape index (κ2) is 3.00. The van der Waals surface area contributed by atoms with Gasteiger partial charge in [-0.25, -0.2) is 9.97 Å². The van der Waals surface area contributed by atoms with Gasteiger partial charge < -0.3 is 10.1 Å². The highest BCUT2D eigenvalue weighted by molar-refractivity contribution is 5.43. The lowest BCUT2D eigenvalue weighted by Crippen LogP contribution is -1.97. The zero-order valence-electron chi connectivity index (χ0n) is 5.96. The van der Waals surface area contributed by atoms with Gasteiger partial charge >= 0.3 is 0 Å². The lowest BCUT2D eigenvalue weighted by Gasteiger charge is -2.02. The Labute approximate surface area is 59.3 Å². The first-order valence-corrected chi connectivity index (χ1v) is 2.91. The second-order valence-electron chi connectivity index (χ2n) is 1.66. The molecule has 0 fully saturated rings. The number of aromatic nitrogens is 2. The summed E-state index contributed by atoms with van der Waals surface area (Å²) < 4.78 is 4.90. The van der Waals surface area contributed by atoms with Gasteiger partial charge in [-0.15, -0.1) is 0 Å². The SMILES string of the molecule is CNc1nccnc1OC. The van der Waals surface area contributed by atoms with E-state index >= 15 is 0 Å². The average Bonchev–Trinajstić information content (AvgIpc) is 2.04. The fourth-order valence-electron chi connectivity index (χ4n) is 0.646. The molecule has 0 radical (unpaired) electrons. The molecule has 0 saturated carbocycles. The fraction of sp³-hybridized carbons (Fsp3) is 0.333. The van der Waals surface area contributed by atoms with Crippen LogP contribution in [0, 0.1) is 0 Å². The topological polar surface area (TPSA) is 47.0 Å². The molecule has 0 unspecified atom stereocenters. The van der Waals surface area contributed by atoms with Crippen molar-refractivity contribution in [1.82, 2.24) is 9.97 Å². The van der Waals surface area contributed by atoms with E-state index < -0.39 is 0 Å². The van der Waals surface area contributed by atoms with Crippen LogP contribution in [0.25, 0.3) is 0 Å². The normalized spacial score (nSPS) is 9.00. The van der Waals surface area contributed by atoms with E-state index in [1.807, 2.05) is 0 Å². The van der Waals surface area contributed by atoms with Gasteiger partial charge in [0.25, 0.3) is 5.88 Å². The van der Waals surface area contributed by atoms with Gasteiger partial charge in [-0.05, 0) is 0 Å². The van der Waals surface area contributed by atoms with Gasteiger partial charge in [-0.1, -0.05) is 0 Å². The van der Waals surface area contributed by atoms with Crippen LogP contribution in [-0.4, -0.2) is 24.1 Å². The van der Waals surface area contributed by atoms with E-state index in [1.165, 1.54) is 0 Å². The lowest BCUT2D eigenvalue weighted by atomic mass is 10.6. The van der Waals surface area contributed by atoms with Crippen LogP contribution in [-0.2, 0) is 0 Å². The molecule has 1 N–H and O–H groups in total. The molecule has 0 atom stereocenters. The molecule has 1 aromatic rings. The van der Waals surface area contributed by atoms with E-state index in [1.54, 1.807) is 26.6 Å². The molecule has 0 aliphatic heterocycles. The number of anilines is 1. The van der Waals surface area contributed by atoms with Crippen LogP contribution < -0.4 is 10.1 Å². The van der Waals surface area contributed by atoms with Gasteiger partial charge in [0.2, 0.25) is 0 Å². The first kappa shape index (κ1) is 6.80. The number of nitrogens with one attached hydrogen (secondary N) is 1. The summed E-state index contributed by atoms with van der Waals surface area (Å²) >= 11 is 0. The molecule has 0 amide bonds. The molecule has 0 spiro atoms. The smallest absolute Gasteiger partial charge is 0.257 e. The molecule has 0 bridgehead atoms. The zero-order chi connectivity index (χ0) is 7.40. The van der Waals surface area contributed by atoms with Crippen molar-refractivity contribution in [2.75, 3.05) is 19.5 Å².